The number of halogens is 1. The molecule has 1 aromatic heterocycles. The molecule has 4 nitrogen and oxygen atoms in total. The van der Waals surface area contributed by atoms with Crippen LogP contribution in [0.15, 0.2) is 64.1 Å². The average molecular weight is 346 g/mol. The normalized spacial score (nSPS) is 16.9. The molecule has 2 aromatic rings. The lowest BCUT2D eigenvalue weighted by Crippen LogP contribution is -2.27. The van der Waals surface area contributed by atoms with E-state index in [1.165, 1.54) is 4.90 Å². The maximum Gasteiger partial charge on any atom is 0.293 e. The number of rotatable bonds is 4. The molecular weight excluding hydrogens is 334 g/mol. The fourth-order valence-corrected chi connectivity index (χ4v) is 2.96. The Balaban J connectivity index is 1.70. The van der Waals surface area contributed by atoms with Crippen LogP contribution in [0.1, 0.15) is 11.3 Å². The van der Waals surface area contributed by atoms with E-state index in [9.17, 15) is 9.59 Å². The summed E-state index contributed by atoms with van der Waals surface area (Å²) in [5.74, 6) is 0.390. The summed E-state index contributed by atoms with van der Waals surface area (Å²) in [7, 11) is 0. The second-order valence-electron chi connectivity index (χ2n) is 4.79. The Morgan fingerprint density at radius 3 is 2.65 bits per heavy atom. The molecule has 6 heteroatoms. The van der Waals surface area contributed by atoms with E-state index in [2.05, 4.69) is 0 Å². The number of amides is 2. The molecule has 23 heavy (non-hydrogen) atoms. The van der Waals surface area contributed by atoms with Gasteiger partial charge in [-0.25, -0.2) is 0 Å². The number of hydrogen-bond acceptors (Lipinski definition) is 4. The third-order valence-corrected chi connectivity index (χ3v) is 4.36. The molecule has 0 N–H and O–H groups in total. The summed E-state index contributed by atoms with van der Waals surface area (Å²) in [5, 5.41) is 0.341. The summed E-state index contributed by atoms with van der Waals surface area (Å²) in [6.07, 6.45) is 6.61. The Labute approximate surface area is 142 Å². The molecule has 2 amide bonds. The van der Waals surface area contributed by atoms with E-state index in [1.54, 1.807) is 60.9 Å². The minimum absolute atomic E-state index is 0.237. The first-order valence-electron chi connectivity index (χ1n) is 6.83. The SMILES string of the molecule is O=C1S/C(=C\C=C\c2ccco2)C(=O)N1Cc1ccc(Cl)cc1. The van der Waals surface area contributed by atoms with Gasteiger partial charge in [-0.2, -0.15) is 0 Å². The van der Waals surface area contributed by atoms with Gasteiger partial charge in [0.1, 0.15) is 5.76 Å². The van der Waals surface area contributed by atoms with Gasteiger partial charge in [-0.1, -0.05) is 29.8 Å². The zero-order chi connectivity index (χ0) is 16.2. The van der Waals surface area contributed by atoms with Crippen LogP contribution in [0.5, 0.6) is 0 Å². The Bertz CT molecular complexity index is 779. The third-order valence-electron chi connectivity index (χ3n) is 3.18. The van der Waals surface area contributed by atoms with Gasteiger partial charge in [-0.05, 0) is 53.7 Å². The van der Waals surface area contributed by atoms with Gasteiger partial charge >= 0.3 is 0 Å². The van der Waals surface area contributed by atoms with Crippen molar-refractivity contribution in [3.05, 3.63) is 76.1 Å². The molecule has 0 radical (unpaired) electrons. The summed E-state index contributed by atoms with van der Waals surface area (Å²) in [6.45, 7) is 0.237. The second kappa shape index (κ2) is 6.89. The summed E-state index contributed by atoms with van der Waals surface area (Å²) < 4.78 is 5.16. The standard InChI is InChI=1S/C17H12ClNO3S/c18-13-8-6-12(7-9-13)11-19-16(20)15(23-17(19)21)5-1-3-14-4-2-10-22-14/h1-10H,11H2/b3-1+,15-5-. The van der Waals surface area contributed by atoms with Crippen LogP contribution >= 0.6 is 23.4 Å². The molecule has 0 saturated carbocycles. The van der Waals surface area contributed by atoms with E-state index < -0.39 is 0 Å². The van der Waals surface area contributed by atoms with Crippen LogP contribution in [0.4, 0.5) is 4.79 Å². The maximum absolute atomic E-state index is 12.3. The third kappa shape index (κ3) is 3.75. The quantitative estimate of drug-likeness (QED) is 0.752. The highest BCUT2D eigenvalue weighted by atomic mass is 35.5. The van der Waals surface area contributed by atoms with Gasteiger partial charge in [0.25, 0.3) is 11.1 Å². The molecule has 1 aromatic carbocycles. The molecule has 1 aliphatic rings. The first kappa shape index (κ1) is 15.6. The van der Waals surface area contributed by atoms with Crippen LogP contribution in [-0.2, 0) is 11.3 Å². The minimum atomic E-state index is -0.293. The molecule has 0 atom stereocenters. The van der Waals surface area contributed by atoms with E-state index in [4.69, 9.17) is 16.0 Å². The number of nitrogens with zero attached hydrogens (tertiary/aromatic N) is 1. The molecule has 3 rings (SSSR count). The van der Waals surface area contributed by atoms with Crippen molar-refractivity contribution in [1.29, 1.82) is 0 Å². The van der Waals surface area contributed by atoms with Gasteiger partial charge in [0, 0.05) is 5.02 Å². The maximum atomic E-state index is 12.3. The lowest BCUT2D eigenvalue weighted by atomic mass is 10.2. The number of thioether (sulfide) groups is 1. The molecular formula is C17H12ClNO3S. The van der Waals surface area contributed by atoms with Crippen LogP contribution in [-0.4, -0.2) is 16.0 Å². The number of furan rings is 1. The van der Waals surface area contributed by atoms with Crippen molar-refractivity contribution in [2.45, 2.75) is 6.54 Å². The van der Waals surface area contributed by atoms with Gasteiger partial charge < -0.3 is 4.42 Å². The summed E-state index contributed by atoms with van der Waals surface area (Å²) >= 11 is 6.76. The number of carbonyl (C=O) groups is 2. The van der Waals surface area contributed by atoms with Gasteiger partial charge in [0.05, 0.1) is 17.7 Å². The molecule has 1 saturated heterocycles. The van der Waals surface area contributed by atoms with E-state index in [0.717, 1.165) is 17.3 Å². The monoisotopic (exact) mass is 345 g/mol. The average Bonchev–Trinajstić information content (AvgIpc) is 3.14. The predicted octanol–water partition coefficient (Wildman–Crippen LogP) is 4.73. The largest absolute Gasteiger partial charge is 0.465 e. The lowest BCUT2D eigenvalue weighted by molar-refractivity contribution is -0.123. The van der Waals surface area contributed by atoms with Crippen molar-refractivity contribution in [2.24, 2.45) is 0 Å². The Morgan fingerprint density at radius 1 is 1.17 bits per heavy atom. The van der Waals surface area contributed by atoms with Gasteiger partial charge in [0.15, 0.2) is 0 Å². The first-order chi connectivity index (χ1) is 11.1. The highest BCUT2D eigenvalue weighted by Crippen LogP contribution is 2.32. The van der Waals surface area contributed by atoms with Crippen LogP contribution in [0.2, 0.25) is 5.02 Å². The van der Waals surface area contributed by atoms with Crippen molar-refractivity contribution < 1.29 is 14.0 Å². The molecule has 1 aliphatic heterocycles. The Kier molecular flexibility index (Phi) is 4.69. The van der Waals surface area contributed by atoms with Gasteiger partial charge in [-0.15, -0.1) is 0 Å². The molecule has 116 valence electrons. The summed E-state index contributed by atoms with van der Waals surface area (Å²) in [5.41, 5.74) is 0.851. The highest BCUT2D eigenvalue weighted by Gasteiger charge is 2.34. The first-order valence-corrected chi connectivity index (χ1v) is 8.03. The van der Waals surface area contributed by atoms with Crippen molar-refractivity contribution in [1.82, 2.24) is 4.90 Å². The zero-order valence-electron chi connectivity index (χ0n) is 11.9. The minimum Gasteiger partial charge on any atom is -0.465 e. The van der Waals surface area contributed by atoms with Crippen molar-refractivity contribution in [3.8, 4) is 0 Å². The predicted molar refractivity (Wildman–Crippen MR) is 90.8 cm³/mol. The van der Waals surface area contributed by atoms with Crippen molar-refractivity contribution >= 4 is 40.6 Å². The Hall–Kier alpha value is -2.24. The van der Waals surface area contributed by atoms with Gasteiger partial charge in [0.2, 0.25) is 0 Å². The van der Waals surface area contributed by atoms with E-state index >= 15 is 0 Å². The van der Waals surface area contributed by atoms with Crippen LogP contribution in [0, 0.1) is 0 Å². The van der Waals surface area contributed by atoms with Crippen molar-refractivity contribution in [3.63, 3.8) is 0 Å². The van der Waals surface area contributed by atoms with Crippen LogP contribution < -0.4 is 0 Å². The second-order valence-corrected chi connectivity index (χ2v) is 6.22. The number of imide groups is 1. The zero-order valence-corrected chi connectivity index (χ0v) is 13.5. The number of allylic oxidation sites excluding steroid dienone is 2. The fourth-order valence-electron chi connectivity index (χ4n) is 2.04. The van der Waals surface area contributed by atoms with E-state index in [-0.39, 0.29) is 17.7 Å². The number of carbonyl (C=O) groups excluding carboxylic acids is 2. The summed E-state index contributed by atoms with van der Waals surface area (Å²) in [4.78, 5) is 25.9. The van der Waals surface area contributed by atoms with E-state index in [1.807, 2.05) is 0 Å². The highest BCUT2D eigenvalue weighted by molar-refractivity contribution is 8.18. The molecule has 2 heterocycles. The topological polar surface area (TPSA) is 50.5 Å². The van der Waals surface area contributed by atoms with Gasteiger partial charge in [-0.3, -0.25) is 14.5 Å². The smallest absolute Gasteiger partial charge is 0.293 e. The Morgan fingerprint density at radius 2 is 1.96 bits per heavy atom. The van der Waals surface area contributed by atoms with Crippen molar-refractivity contribution in [2.75, 3.05) is 0 Å². The number of benzene rings is 1. The van der Waals surface area contributed by atoms with Crippen LogP contribution in [0.25, 0.3) is 6.08 Å². The molecule has 0 aliphatic carbocycles. The molecule has 0 unspecified atom stereocenters. The number of hydrogen-bond donors (Lipinski definition) is 0. The lowest BCUT2D eigenvalue weighted by Gasteiger charge is -2.12. The fraction of sp³-hybridized carbons (Fsp3) is 0.0588. The molecule has 1 fully saturated rings. The van der Waals surface area contributed by atoms with E-state index in [0.29, 0.717) is 15.7 Å². The van der Waals surface area contributed by atoms with Crippen LogP contribution in [0.3, 0.4) is 0 Å². The molecule has 0 spiro atoms. The molecule has 0 bridgehead atoms. The summed E-state index contributed by atoms with van der Waals surface area (Å²) in [6, 6.07) is 10.6.